The van der Waals surface area contributed by atoms with Gasteiger partial charge in [0.25, 0.3) is 5.56 Å². The molecule has 4 heteroatoms. The number of benzene rings is 3. The summed E-state index contributed by atoms with van der Waals surface area (Å²) in [5.41, 5.74) is 1.98. The number of aromatic nitrogens is 2. The Morgan fingerprint density at radius 1 is 0.960 bits per heavy atom. The van der Waals surface area contributed by atoms with Crippen LogP contribution in [-0.4, -0.2) is 9.97 Å². The van der Waals surface area contributed by atoms with Gasteiger partial charge < -0.3 is 4.98 Å². The molecule has 0 saturated heterocycles. The molecule has 0 fully saturated rings. The van der Waals surface area contributed by atoms with E-state index in [1.807, 2.05) is 18.2 Å². The smallest absolute Gasteiger partial charge is 0.258 e. The highest BCUT2D eigenvalue weighted by molar-refractivity contribution is 7.98. The van der Waals surface area contributed by atoms with E-state index in [9.17, 15) is 4.79 Å². The lowest BCUT2D eigenvalue weighted by Crippen LogP contribution is -2.12. The van der Waals surface area contributed by atoms with E-state index in [4.69, 9.17) is 0 Å². The summed E-state index contributed by atoms with van der Waals surface area (Å²) in [6, 6.07) is 22.3. The third-order valence-corrected chi connectivity index (χ3v) is 5.59. The fraction of sp³-hybridized carbons (Fsp3) is 0.143. The van der Waals surface area contributed by atoms with Crippen molar-refractivity contribution in [2.45, 2.75) is 17.9 Å². The van der Waals surface area contributed by atoms with Crippen molar-refractivity contribution in [2.75, 3.05) is 0 Å². The molecule has 25 heavy (non-hydrogen) atoms. The van der Waals surface area contributed by atoms with Gasteiger partial charge in [-0.15, -0.1) is 11.8 Å². The zero-order chi connectivity index (χ0) is 17.2. The van der Waals surface area contributed by atoms with E-state index in [-0.39, 0.29) is 10.8 Å². The molecule has 0 radical (unpaired) electrons. The zero-order valence-corrected chi connectivity index (χ0v) is 14.7. The Kier molecular flexibility index (Phi) is 4.28. The van der Waals surface area contributed by atoms with Crippen molar-refractivity contribution in [2.24, 2.45) is 0 Å². The van der Waals surface area contributed by atoms with Crippen molar-refractivity contribution >= 4 is 33.4 Å². The van der Waals surface area contributed by atoms with Crippen LogP contribution in [0.5, 0.6) is 0 Å². The Morgan fingerprint density at radius 3 is 2.56 bits per heavy atom. The van der Waals surface area contributed by atoms with Crippen molar-refractivity contribution in [3.63, 3.8) is 0 Å². The molecule has 1 atom stereocenters. The third-order valence-electron chi connectivity index (χ3n) is 4.39. The van der Waals surface area contributed by atoms with E-state index < -0.39 is 0 Å². The van der Waals surface area contributed by atoms with E-state index in [1.54, 1.807) is 17.8 Å². The minimum atomic E-state index is -0.0711. The molecule has 1 aromatic heterocycles. The first-order valence-electron chi connectivity index (χ1n) is 8.29. The maximum absolute atomic E-state index is 12.2. The van der Waals surface area contributed by atoms with Crippen LogP contribution in [0, 0.1) is 0 Å². The third kappa shape index (κ3) is 3.17. The topological polar surface area (TPSA) is 45.8 Å². The van der Waals surface area contributed by atoms with Crippen LogP contribution in [0.4, 0.5) is 0 Å². The van der Waals surface area contributed by atoms with Crippen LogP contribution in [0.3, 0.4) is 0 Å². The van der Waals surface area contributed by atoms with Gasteiger partial charge in [-0.3, -0.25) is 4.79 Å². The standard InChI is InChI=1S/C21H18N2OS/c1-14(20-22-19-12-5-4-11-18(19)21(24)23-20)25-13-16-9-6-8-15-7-2-3-10-17(15)16/h2-12,14H,13H2,1H3,(H,22,23,24)/t14-/m1/s1. The molecule has 124 valence electrons. The normalized spacial score (nSPS) is 12.5. The fourth-order valence-electron chi connectivity index (χ4n) is 3.01. The van der Waals surface area contributed by atoms with Crippen LogP contribution < -0.4 is 5.56 Å². The molecule has 3 aromatic carbocycles. The zero-order valence-electron chi connectivity index (χ0n) is 13.9. The van der Waals surface area contributed by atoms with Gasteiger partial charge in [0, 0.05) is 5.75 Å². The van der Waals surface area contributed by atoms with Gasteiger partial charge >= 0.3 is 0 Å². The van der Waals surface area contributed by atoms with Crippen molar-refractivity contribution in [1.29, 1.82) is 0 Å². The average molecular weight is 346 g/mol. The van der Waals surface area contributed by atoms with Gasteiger partial charge in [-0.05, 0) is 35.4 Å². The second-order valence-corrected chi connectivity index (χ2v) is 7.39. The number of nitrogens with zero attached hydrogens (tertiary/aromatic N) is 1. The summed E-state index contributed by atoms with van der Waals surface area (Å²) >= 11 is 1.78. The molecule has 1 N–H and O–H groups in total. The van der Waals surface area contributed by atoms with Crippen molar-refractivity contribution < 1.29 is 0 Å². The fourth-order valence-corrected chi connectivity index (χ4v) is 3.96. The van der Waals surface area contributed by atoms with Gasteiger partial charge in [-0.1, -0.05) is 54.6 Å². The van der Waals surface area contributed by atoms with Gasteiger partial charge in [0.1, 0.15) is 5.82 Å². The first-order chi connectivity index (χ1) is 12.2. The highest BCUT2D eigenvalue weighted by Gasteiger charge is 2.12. The van der Waals surface area contributed by atoms with E-state index >= 15 is 0 Å². The molecule has 0 saturated carbocycles. The first kappa shape index (κ1) is 15.9. The number of aromatic amines is 1. The molecule has 4 rings (SSSR count). The van der Waals surface area contributed by atoms with E-state index in [0.717, 1.165) is 17.1 Å². The van der Waals surface area contributed by atoms with Crippen molar-refractivity contribution in [1.82, 2.24) is 9.97 Å². The van der Waals surface area contributed by atoms with Crippen LogP contribution in [-0.2, 0) is 5.75 Å². The minimum Gasteiger partial charge on any atom is -0.309 e. The molecular weight excluding hydrogens is 328 g/mol. The second kappa shape index (κ2) is 6.73. The molecular formula is C21H18N2OS. The van der Waals surface area contributed by atoms with Gasteiger partial charge in [-0.2, -0.15) is 0 Å². The maximum atomic E-state index is 12.2. The number of H-pyrrole nitrogens is 1. The lowest BCUT2D eigenvalue weighted by molar-refractivity contribution is 0.922. The highest BCUT2D eigenvalue weighted by Crippen LogP contribution is 2.31. The molecule has 1 heterocycles. The first-order valence-corrected chi connectivity index (χ1v) is 9.34. The summed E-state index contributed by atoms with van der Waals surface area (Å²) < 4.78 is 0. The Balaban J connectivity index is 1.60. The average Bonchev–Trinajstić information content (AvgIpc) is 2.66. The minimum absolute atomic E-state index is 0.0711. The summed E-state index contributed by atoms with van der Waals surface area (Å²) in [6.45, 7) is 2.09. The Hall–Kier alpha value is -2.59. The molecule has 0 aliphatic carbocycles. The van der Waals surface area contributed by atoms with Crippen LogP contribution >= 0.6 is 11.8 Å². The summed E-state index contributed by atoms with van der Waals surface area (Å²) in [5, 5.41) is 3.28. The van der Waals surface area contributed by atoms with Crippen molar-refractivity contribution in [3.05, 3.63) is 88.5 Å². The second-order valence-electron chi connectivity index (χ2n) is 6.06. The van der Waals surface area contributed by atoms with Gasteiger partial charge in [0.05, 0.1) is 16.2 Å². The quantitative estimate of drug-likeness (QED) is 0.561. The molecule has 3 nitrogen and oxygen atoms in total. The Labute approximate surface area is 150 Å². The lowest BCUT2D eigenvalue weighted by Gasteiger charge is -2.12. The highest BCUT2D eigenvalue weighted by atomic mass is 32.2. The number of para-hydroxylation sites is 1. The molecule has 0 bridgehead atoms. The predicted octanol–water partition coefficient (Wildman–Crippen LogP) is 5.07. The maximum Gasteiger partial charge on any atom is 0.258 e. The summed E-state index contributed by atoms with van der Waals surface area (Å²) in [4.78, 5) is 19.8. The van der Waals surface area contributed by atoms with E-state index in [0.29, 0.717) is 5.39 Å². The van der Waals surface area contributed by atoms with Crippen molar-refractivity contribution in [3.8, 4) is 0 Å². The molecule has 0 aliphatic heterocycles. The number of hydrogen-bond donors (Lipinski definition) is 1. The van der Waals surface area contributed by atoms with E-state index in [2.05, 4.69) is 59.4 Å². The number of thioether (sulfide) groups is 1. The van der Waals surface area contributed by atoms with Crippen LogP contribution in [0.15, 0.2) is 71.5 Å². The molecule has 0 unspecified atom stereocenters. The number of nitrogens with one attached hydrogen (secondary N) is 1. The summed E-state index contributed by atoms with van der Waals surface area (Å²) in [6.07, 6.45) is 0. The van der Waals surface area contributed by atoms with Crippen LogP contribution in [0.2, 0.25) is 0 Å². The molecule has 0 spiro atoms. The van der Waals surface area contributed by atoms with Crippen LogP contribution in [0.1, 0.15) is 23.6 Å². The van der Waals surface area contributed by atoms with Crippen LogP contribution in [0.25, 0.3) is 21.7 Å². The van der Waals surface area contributed by atoms with Gasteiger partial charge in [0.2, 0.25) is 0 Å². The largest absolute Gasteiger partial charge is 0.309 e. The number of hydrogen-bond acceptors (Lipinski definition) is 3. The summed E-state index contributed by atoms with van der Waals surface area (Å²) in [5.74, 6) is 1.60. The van der Waals surface area contributed by atoms with E-state index in [1.165, 1.54) is 16.3 Å². The number of fused-ring (bicyclic) bond motifs is 2. The Bertz CT molecular complexity index is 1100. The molecule has 0 aliphatic rings. The monoisotopic (exact) mass is 346 g/mol. The SMILES string of the molecule is C[C@@H](SCc1cccc2ccccc12)c1nc2ccccc2c(=O)[nH]1. The molecule has 0 amide bonds. The summed E-state index contributed by atoms with van der Waals surface area (Å²) in [7, 11) is 0. The predicted molar refractivity (Wildman–Crippen MR) is 106 cm³/mol. The Morgan fingerprint density at radius 2 is 1.68 bits per heavy atom. The van der Waals surface area contributed by atoms with Gasteiger partial charge in [-0.25, -0.2) is 4.98 Å². The van der Waals surface area contributed by atoms with Gasteiger partial charge in [0.15, 0.2) is 0 Å². The lowest BCUT2D eigenvalue weighted by atomic mass is 10.1. The number of rotatable bonds is 4. The molecule has 4 aromatic rings.